The minimum absolute atomic E-state index is 0.0776. The summed E-state index contributed by atoms with van der Waals surface area (Å²) >= 11 is 1.24. The van der Waals surface area contributed by atoms with Crippen molar-refractivity contribution in [3.63, 3.8) is 0 Å². The molecule has 3 aromatic rings. The van der Waals surface area contributed by atoms with E-state index in [4.69, 9.17) is 23.9 Å². The van der Waals surface area contributed by atoms with Gasteiger partial charge in [-0.2, -0.15) is 0 Å². The van der Waals surface area contributed by atoms with Crippen LogP contribution in [0.3, 0.4) is 0 Å². The van der Waals surface area contributed by atoms with E-state index in [1.54, 1.807) is 30.9 Å². The van der Waals surface area contributed by atoms with Crippen LogP contribution in [0.15, 0.2) is 46.3 Å². The number of carbonyl (C=O) groups is 2. The van der Waals surface area contributed by atoms with Crippen LogP contribution in [0.4, 0.5) is 0 Å². The Balaban J connectivity index is 1.48. The van der Waals surface area contributed by atoms with Gasteiger partial charge in [0.15, 0.2) is 16.7 Å². The average Bonchev–Trinajstić information content (AvgIpc) is 3.45. The number of fused-ring (bicyclic) bond motifs is 2. The Morgan fingerprint density at radius 1 is 1.10 bits per heavy atom. The van der Waals surface area contributed by atoms with Crippen molar-refractivity contribution >= 4 is 34.5 Å². The predicted molar refractivity (Wildman–Crippen MR) is 156 cm³/mol. The minimum atomic E-state index is -0.449. The van der Waals surface area contributed by atoms with Crippen LogP contribution in [0.1, 0.15) is 38.2 Å². The molecule has 2 aromatic carbocycles. The van der Waals surface area contributed by atoms with Gasteiger partial charge < -0.3 is 29.6 Å². The third-order valence-corrected chi connectivity index (χ3v) is 7.94. The standard InChI is InChI=1S/C29H36N4O7S/c1-4-25(27(35)30-12-6-14-37-2)41-29-32-22-16-24-23(39-18-40-24)15-21(22)28(36)33(29)13-5-7-26(34)31-17-19-8-10-20(38-3)11-9-19/h8-11,15-16,25H,4-7,12-14,17-18H2,1-3H3,(H,30,35)(H,31,34). The highest BCUT2D eigenvalue weighted by Crippen LogP contribution is 2.35. The summed E-state index contributed by atoms with van der Waals surface area (Å²) in [4.78, 5) is 43.9. The fourth-order valence-electron chi connectivity index (χ4n) is 4.30. The number of aromatic nitrogens is 2. The maximum Gasteiger partial charge on any atom is 0.262 e. The lowest BCUT2D eigenvalue weighted by Crippen LogP contribution is -2.34. The number of methoxy groups -OCH3 is 2. The lowest BCUT2D eigenvalue weighted by atomic mass is 10.2. The summed E-state index contributed by atoms with van der Waals surface area (Å²) in [5.41, 5.74) is 1.16. The molecule has 0 bridgehead atoms. The number of thioether (sulfide) groups is 1. The smallest absolute Gasteiger partial charge is 0.262 e. The fourth-order valence-corrected chi connectivity index (χ4v) is 5.36. The van der Waals surface area contributed by atoms with Gasteiger partial charge in [0.2, 0.25) is 18.6 Å². The first-order valence-corrected chi connectivity index (χ1v) is 14.5. The third kappa shape index (κ3) is 7.92. The lowest BCUT2D eigenvalue weighted by molar-refractivity contribution is -0.121. The Bertz CT molecular complexity index is 1410. The van der Waals surface area contributed by atoms with Crippen LogP contribution < -0.4 is 30.4 Å². The number of hydrogen-bond acceptors (Lipinski definition) is 9. The Morgan fingerprint density at radius 3 is 2.56 bits per heavy atom. The molecule has 4 rings (SSSR count). The second-order valence-corrected chi connectivity index (χ2v) is 10.6. The monoisotopic (exact) mass is 584 g/mol. The molecule has 0 spiro atoms. The van der Waals surface area contributed by atoms with Crippen molar-refractivity contribution in [2.24, 2.45) is 0 Å². The second kappa shape index (κ2) is 14.7. The van der Waals surface area contributed by atoms with Gasteiger partial charge in [-0.25, -0.2) is 4.98 Å². The molecule has 41 heavy (non-hydrogen) atoms. The van der Waals surface area contributed by atoms with Gasteiger partial charge in [-0.3, -0.25) is 19.0 Å². The first kappa shape index (κ1) is 30.2. The van der Waals surface area contributed by atoms with Gasteiger partial charge >= 0.3 is 0 Å². The molecule has 0 aliphatic carbocycles. The SMILES string of the molecule is CCC(Sc1nc2cc3c(cc2c(=O)n1CCCC(=O)NCc1ccc(OC)cc1)OCO3)C(=O)NCCCOC. The molecule has 2 N–H and O–H groups in total. The van der Waals surface area contributed by atoms with Crippen LogP contribution in [0.5, 0.6) is 17.2 Å². The molecule has 0 saturated heterocycles. The molecule has 2 heterocycles. The zero-order chi connectivity index (χ0) is 29.2. The van der Waals surface area contributed by atoms with E-state index in [9.17, 15) is 14.4 Å². The summed E-state index contributed by atoms with van der Waals surface area (Å²) < 4.78 is 22.7. The van der Waals surface area contributed by atoms with E-state index >= 15 is 0 Å². The summed E-state index contributed by atoms with van der Waals surface area (Å²) in [7, 11) is 3.22. The van der Waals surface area contributed by atoms with Gasteiger partial charge in [-0.15, -0.1) is 0 Å². The summed E-state index contributed by atoms with van der Waals surface area (Å²) in [5.74, 6) is 1.51. The number of ether oxygens (including phenoxy) is 4. The van der Waals surface area contributed by atoms with Crippen LogP contribution in [-0.2, 0) is 27.4 Å². The molecule has 1 atom stereocenters. The van der Waals surface area contributed by atoms with E-state index in [1.807, 2.05) is 31.2 Å². The minimum Gasteiger partial charge on any atom is -0.497 e. The normalized spacial score (nSPS) is 12.8. The second-order valence-electron chi connectivity index (χ2n) is 9.45. The number of hydrogen-bond donors (Lipinski definition) is 2. The van der Waals surface area contributed by atoms with E-state index < -0.39 is 5.25 Å². The van der Waals surface area contributed by atoms with Gasteiger partial charge in [0.25, 0.3) is 5.56 Å². The van der Waals surface area contributed by atoms with Crippen LogP contribution in [0, 0.1) is 0 Å². The number of carbonyl (C=O) groups excluding carboxylic acids is 2. The average molecular weight is 585 g/mol. The molecule has 2 amide bonds. The quantitative estimate of drug-likeness (QED) is 0.157. The molecule has 0 radical (unpaired) electrons. The lowest BCUT2D eigenvalue weighted by Gasteiger charge is -2.18. The Labute approximate surface area is 242 Å². The summed E-state index contributed by atoms with van der Waals surface area (Å²) in [6, 6.07) is 10.8. The topological polar surface area (TPSA) is 130 Å². The van der Waals surface area contributed by atoms with Crippen molar-refractivity contribution in [2.75, 3.05) is 34.2 Å². The Kier molecular flexibility index (Phi) is 10.9. The van der Waals surface area contributed by atoms with E-state index in [0.717, 1.165) is 11.3 Å². The van der Waals surface area contributed by atoms with Gasteiger partial charge in [0, 0.05) is 45.8 Å². The van der Waals surface area contributed by atoms with Crippen LogP contribution in [-0.4, -0.2) is 60.8 Å². The molecule has 1 aliphatic rings. The van der Waals surface area contributed by atoms with Crippen LogP contribution in [0.2, 0.25) is 0 Å². The molecular weight excluding hydrogens is 548 g/mol. The van der Waals surface area contributed by atoms with Gasteiger partial charge in [0.1, 0.15) is 5.75 Å². The first-order chi connectivity index (χ1) is 19.9. The molecule has 0 fully saturated rings. The summed E-state index contributed by atoms with van der Waals surface area (Å²) in [5, 5.41) is 6.20. The Morgan fingerprint density at radius 2 is 1.85 bits per heavy atom. The molecule has 1 unspecified atom stereocenters. The molecule has 12 heteroatoms. The highest BCUT2D eigenvalue weighted by molar-refractivity contribution is 8.00. The van der Waals surface area contributed by atoms with E-state index in [1.165, 1.54) is 11.8 Å². The fraction of sp³-hybridized carbons (Fsp3) is 0.448. The van der Waals surface area contributed by atoms with Crippen LogP contribution >= 0.6 is 11.8 Å². The van der Waals surface area contributed by atoms with Crippen molar-refractivity contribution in [2.45, 2.75) is 56.1 Å². The van der Waals surface area contributed by atoms with Crippen molar-refractivity contribution < 1.29 is 28.5 Å². The van der Waals surface area contributed by atoms with Crippen molar-refractivity contribution in [3.8, 4) is 17.2 Å². The van der Waals surface area contributed by atoms with Gasteiger partial charge in [-0.05, 0) is 43.0 Å². The third-order valence-electron chi connectivity index (χ3n) is 6.58. The molecule has 11 nitrogen and oxygen atoms in total. The zero-order valence-corrected chi connectivity index (χ0v) is 24.4. The summed E-state index contributed by atoms with van der Waals surface area (Å²) in [6.07, 6.45) is 1.89. The predicted octanol–water partition coefficient (Wildman–Crippen LogP) is 3.25. The maximum atomic E-state index is 13.7. The maximum absolute atomic E-state index is 13.7. The number of nitrogens with zero attached hydrogens (tertiary/aromatic N) is 2. The highest BCUT2D eigenvalue weighted by atomic mass is 32.2. The molecular formula is C29H36N4O7S. The number of benzene rings is 2. The molecule has 1 aromatic heterocycles. The molecule has 220 valence electrons. The van der Waals surface area contributed by atoms with Crippen molar-refractivity contribution in [1.82, 2.24) is 20.2 Å². The highest BCUT2D eigenvalue weighted by Gasteiger charge is 2.24. The zero-order valence-electron chi connectivity index (χ0n) is 23.6. The number of amides is 2. The van der Waals surface area contributed by atoms with E-state index in [0.29, 0.717) is 66.5 Å². The molecule has 1 aliphatic heterocycles. The summed E-state index contributed by atoms with van der Waals surface area (Å²) in [6.45, 7) is 3.71. The number of nitrogens with one attached hydrogen (secondary N) is 2. The first-order valence-electron chi connectivity index (χ1n) is 13.6. The van der Waals surface area contributed by atoms with Crippen molar-refractivity contribution in [3.05, 3.63) is 52.3 Å². The van der Waals surface area contributed by atoms with Gasteiger partial charge in [0.05, 0.1) is 23.3 Å². The molecule has 0 saturated carbocycles. The van der Waals surface area contributed by atoms with Crippen molar-refractivity contribution in [1.29, 1.82) is 0 Å². The van der Waals surface area contributed by atoms with Gasteiger partial charge in [-0.1, -0.05) is 30.8 Å². The number of rotatable bonds is 15. The Hall–Kier alpha value is -3.77. The van der Waals surface area contributed by atoms with Crippen LogP contribution in [0.25, 0.3) is 10.9 Å². The van der Waals surface area contributed by atoms with E-state index in [2.05, 4.69) is 10.6 Å². The van der Waals surface area contributed by atoms with E-state index in [-0.39, 0.29) is 37.1 Å². The largest absolute Gasteiger partial charge is 0.497 e.